The number of aromatic nitrogens is 2. The van der Waals surface area contributed by atoms with E-state index in [4.69, 9.17) is 4.74 Å². The fraction of sp³-hybridized carbons (Fsp3) is 0.385. The fourth-order valence-corrected chi connectivity index (χ4v) is 4.79. The molecule has 0 aliphatic carbocycles. The summed E-state index contributed by atoms with van der Waals surface area (Å²) in [6.07, 6.45) is 6.33. The van der Waals surface area contributed by atoms with Crippen LogP contribution >= 0.6 is 0 Å². The summed E-state index contributed by atoms with van der Waals surface area (Å²) in [5.41, 5.74) is 3.62. The SMILES string of the molecule is O=C(c1cncn1Cc1ccccc1-c1ccc(F)cc1)N1CCC(NC2CCOC2)CC1. The Bertz CT molecular complexity index is 1080. The first-order valence-corrected chi connectivity index (χ1v) is 11.6. The molecular formula is C26H29FN4O2. The number of halogens is 1. The molecule has 33 heavy (non-hydrogen) atoms. The third-order valence-corrected chi connectivity index (χ3v) is 6.63. The van der Waals surface area contributed by atoms with E-state index in [1.54, 1.807) is 24.7 Å². The maximum Gasteiger partial charge on any atom is 0.272 e. The van der Waals surface area contributed by atoms with Crippen molar-refractivity contribution in [1.82, 2.24) is 19.8 Å². The van der Waals surface area contributed by atoms with E-state index in [0.29, 0.717) is 24.3 Å². The van der Waals surface area contributed by atoms with Crippen LogP contribution in [0.4, 0.5) is 4.39 Å². The Kier molecular flexibility index (Phi) is 6.51. The molecule has 1 aromatic heterocycles. The first kappa shape index (κ1) is 21.8. The van der Waals surface area contributed by atoms with Crippen LogP contribution in [-0.4, -0.2) is 58.7 Å². The summed E-state index contributed by atoms with van der Waals surface area (Å²) in [7, 11) is 0. The number of likely N-dealkylation sites (tertiary alicyclic amines) is 1. The number of nitrogens with one attached hydrogen (secondary N) is 1. The van der Waals surface area contributed by atoms with Crippen LogP contribution in [0.15, 0.2) is 61.1 Å². The topological polar surface area (TPSA) is 59.4 Å². The van der Waals surface area contributed by atoms with Gasteiger partial charge in [0.1, 0.15) is 11.5 Å². The molecule has 3 aromatic rings. The van der Waals surface area contributed by atoms with Crippen molar-refractivity contribution in [3.8, 4) is 11.1 Å². The van der Waals surface area contributed by atoms with E-state index in [2.05, 4.69) is 10.3 Å². The number of hydrogen-bond donors (Lipinski definition) is 1. The second kappa shape index (κ2) is 9.85. The highest BCUT2D eigenvalue weighted by Crippen LogP contribution is 2.25. The summed E-state index contributed by atoms with van der Waals surface area (Å²) in [6.45, 7) is 3.62. The highest BCUT2D eigenvalue weighted by molar-refractivity contribution is 5.92. The molecular weight excluding hydrogens is 419 g/mol. The molecule has 0 spiro atoms. The number of hydrogen-bond acceptors (Lipinski definition) is 4. The predicted octanol–water partition coefficient (Wildman–Crippen LogP) is 3.72. The molecule has 2 aliphatic heterocycles. The first-order chi connectivity index (χ1) is 16.2. The molecule has 2 aromatic carbocycles. The van der Waals surface area contributed by atoms with E-state index >= 15 is 0 Å². The number of rotatable bonds is 6. The minimum absolute atomic E-state index is 0.0226. The van der Waals surface area contributed by atoms with Crippen molar-refractivity contribution < 1.29 is 13.9 Å². The standard InChI is InChI=1S/C26H29FN4O2/c27-21-7-5-19(6-8-21)24-4-2-1-3-20(24)16-31-18-28-15-25(31)26(32)30-12-9-22(10-13-30)29-23-11-14-33-17-23/h1-8,15,18,22-23,29H,9-14,16-17H2. The Balaban J connectivity index is 1.27. The third-order valence-electron chi connectivity index (χ3n) is 6.63. The minimum atomic E-state index is -0.255. The van der Waals surface area contributed by atoms with Crippen molar-refractivity contribution in [2.24, 2.45) is 0 Å². The van der Waals surface area contributed by atoms with Crippen LogP contribution in [0, 0.1) is 5.82 Å². The lowest BCUT2D eigenvalue weighted by Gasteiger charge is -2.33. The van der Waals surface area contributed by atoms with Crippen LogP contribution in [0.25, 0.3) is 11.1 Å². The number of imidazole rings is 1. The molecule has 1 N–H and O–H groups in total. The molecule has 1 amide bonds. The number of nitrogens with zero attached hydrogens (tertiary/aromatic N) is 3. The predicted molar refractivity (Wildman–Crippen MR) is 124 cm³/mol. The Morgan fingerprint density at radius 3 is 2.61 bits per heavy atom. The van der Waals surface area contributed by atoms with Crippen LogP contribution < -0.4 is 5.32 Å². The smallest absolute Gasteiger partial charge is 0.272 e. The normalized spacial score (nSPS) is 19.2. The van der Waals surface area contributed by atoms with Crippen molar-refractivity contribution in [2.45, 2.75) is 37.9 Å². The highest BCUT2D eigenvalue weighted by atomic mass is 19.1. The van der Waals surface area contributed by atoms with Gasteiger partial charge in [-0.25, -0.2) is 9.37 Å². The number of benzene rings is 2. The van der Waals surface area contributed by atoms with Gasteiger partial charge in [0, 0.05) is 38.3 Å². The minimum Gasteiger partial charge on any atom is -0.380 e. The lowest BCUT2D eigenvalue weighted by Crippen LogP contribution is -2.48. The molecule has 6 nitrogen and oxygen atoms in total. The maximum atomic E-state index is 13.4. The molecule has 2 saturated heterocycles. The zero-order valence-electron chi connectivity index (χ0n) is 18.6. The van der Waals surface area contributed by atoms with E-state index in [0.717, 1.165) is 62.3 Å². The Morgan fingerprint density at radius 2 is 1.85 bits per heavy atom. The number of piperidine rings is 1. The largest absolute Gasteiger partial charge is 0.380 e. The molecule has 0 radical (unpaired) electrons. The summed E-state index contributed by atoms with van der Waals surface area (Å²) in [5.74, 6) is -0.233. The highest BCUT2D eigenvalue weighted by Gasteiger charge is 2.27. The van der Waals surface area contributed by atoms with Gasteiger partial charge in [-0.1, -0.05) is 36.4 Å². The van der Waals surface area contributed by atoms with Crippen molar-refractivity contribution in [3.63, 3.8) is 0 Å². The monoisotopic (exact) mass is 448 g/mol. The van der Waals surface area contributed by atoms with Crippen molar-refractivity contribution in [1.29, 1.82) is 0 Å². The Labute approximate surface area is 193 Å². The second-order valence-corrected chi connectivity index (χ2v) is 8.86. The molecule has 0 saturated carbocycles. The second-order valence-electron chi connectivity index (χ2n) is 8.86. The lowest BCUT2D eigenvalue weighted by molar-refractivity contribution is 0.0690. The van der Waals surface area contributed by atoms with E-state index in [1.807, 2.05) is 33.7 Å². The van der Waals surface area contributed by atoms with Crippen LogP contribution in [0.1, 0.15) is 35.3 Å². The molecule has 172 valence electrons. The number of ether oxygens (including phenoxy) is 1. The van der Waals surface area contributed by atoms with Gasteiger partial charge in [0.05, 0.1) is 19.1 Å². The molecule has 1 atom stereocenters. The van der Waals surface area contributed by atoms with Gasteiger partial charge < -0.3 is 19.5 Å². The van der Waals surface area contributed by atoms with Crippen molar-refractivity contribution in [3.05, 3.63) is 78.1 Å². The van der Waals surface area contributed by atoms with Gasteiger partial charge in [0.15, 0.2) is 0 Å². The Hall–Kier alpha value is -3.03. The summed E-state index contributed by atoms with van der Waals surface area (Å²) < 4.78 is 20.8. The van der Waals surface area contributed by atoms with Gasteiger partial charge in [0.25, 0.3) is 5.91 Å². The molecule has 1 unspecified atom stereocenters. The average Bonchev–Trinajstić information content (AvgIpc) is 3.52. The van der Waals surface area contributed by atoms with Crippen LogP contribution in [-0.2, 0) is 11.3 Å². The third kappa shape index (κ3) is 4.99. The number of amides is 1. The Morgan fingerprint density at radius 1 is 1.06 bits per heavy atom. The van der Waals surface area contributed by atoms with Gasteiger partial charge in [0.2, 0.25) is 0 Å². The van der Waals surface area contributed by atoms with Gasteiger partial charge in [-0.15, -0.1) is 0 Å². The van der Waals surface area contributed by atoms with Crippen molar-refractivity contribution >= 4 is 5.91 Å². The first-order valence-electron chi connectivity index (χ1n) is 11.6. The molecule has 0 bridgehead atoms. The van der Waals surface area contributed by atoms with Gasteiger partial charge in [-0.05, 0) is 48.1 Å². The molecule has 5 rings (SSSR count). The molecule has 3 heterocycles. The van der Waals surface area contributed by atoms with Crippen LogP contribution in [0.2, 0.25) is 0 Å². The van der Waals surface area contributed by atoms with Gasteiger partial charge in [-0.3, -0.25) is 4.79 Å². The van der Waals surface area contributed by atoms with E-state index in [9.17, 15) is 9.18 Å². The van der Waals surface area contributed by atoms with E-state index < -0.39 is 0 Å². The quantitative estimate of drug-likeness (QED) is 0.625. The zero-order valence-corrected chi connectivity index (χ0v) is 18.6. The maximum absolute atomic E-state index is 13.4. The summed E-state index contributed by atoms with van der Waals surface area (Å²) in [5, 5.41) is 3.68. The van der Waals surface area contributed by atoms with E-state index in [1.165, 1.54) is 12.1 Å². The summed E-state index contributed by atoms with van der Waals surface area (Å²) in [6, 6.07) is 15.4. The molecule has 2 aliphatic rings. The van der Waals surface area contributed by atoms with Gasteiger partial charge >= 0.3 is 0 Å². The fourth-order valence-electron chi connectivity index (χ4n) is 4.79. The number of carbonyl (C=O) groups is 1. The van der Waals surface area contributed by atoms with E-state index in [-0.39, 0.29) is 11.7 Å². The van der Waals surface area contributed by atoms with Crippen LogP contribution in [0.3, 0.4) is 0 Å². The average molecular weight is 449 g/mol. The zero-order chi connectivity index (χ0) is 22.6. The molecule has 2 fully saturated rings. The lowest BCUT2D eigenvalue weighted by atomic mass is 9.99. The van der Waals surface area contributed by atoms with Gasteiger partial charge in [-0.2, -0.15) is 0 Å². The summed E-state index contributed by atoms with van der Waals surface area (Å²) in [4.78, 5) is 19.5. The number of carbonyl (C=O) groups excluding carboxylic acids is 1. The molecule has 7 heteroatoms. The van der Waals surface area contributed by atoms with Crippen molar-refractivity contribution in [2.75, 3.05) is 26.3 Å². The van der Waals surface area contributed by atoms with Crippen LogP contribution in [0.5, 0.6) is 0 Å². The summed E-state index contributed by atoms with van der Waals surface area (Å²) >= 11 is 0.